The molecule has 0 spiro atoms. The topological polar surface area (TPSA) is 59.6 Å². The van der Waals surface area contributed by atoms with E-state index in [9.17, 15) is 0 Å². The molecule has 86 valence electrons. The maximum Gasteiger partial charge on any atom is 0.122 e. The summed E-state index contributed by atoms with van der Waals surface area (Å²) >= 11 is 0. The fraction of sp³-hybridized carbons (Fsp3) is 0.417. The molecule has 0 bridgehead atoms. The highest BCUT2D eigenvalue weighted by atomic mass is 16.5. The molecule has 0 radical (unpaired) electrons. The number of benzene rings is 1. The van der Waals surface area contributed by atoms with Gasteiger partial charge in [-0.3, -0.25) is 4.99 Å². The smallest absolute Gasteiger partial charge is 0.122 e. The second kappa shape index (κ2) is 4.99. The molecule has 0 saturated carbocycles. The standard InChI is InChI=1S/C12H17N3O/c1-2-14-12(15-13)10-7-9-5-3-4-6-11(9)16-8-10/h3-6,10H,2,7-8,13H2,1H3,(H,14,15). The molecule has 1 aromatic rings. The van der Waals surface area contributed by atoms with Crippen molar-refractivity contribution >= 4 is 5.84 Å². The fourth-order valence-electron chi connectivity index (χ4n) is 1.97. The third-order valence-corrected chi connectivity index (χ3v) is 2.74. The zero-order valence-corrected chi connectivity index (χ0v) is 9.44. The molecular formula is C12H17N3O. The Morgan fingerprint density at radius 2 is 2.38 bits per heavy atom. The molecule has 0 aromatic heterocycles. The van der Waals surface area contributed by atoms with Gasteiger partial charge in [0.2, 0.25) is 0 Å². The minimum Gasteiger partial charge on any atom is -0.493 e. The quantitative estimate of drug-likeness (QED) is 0.339. The number of hydrazine groups is 1. The van der Waals surface area contributed by atoms with Gasteiger partial charge in [0.25, 0.3) is 0 Å². The summed E-state index contributed by atoms with van der Waals surface area (Å²) in [6.07, 6.45) is 0.930. The maximum atomic E-state index is 5.69. The van der Waals surface area contributed by atoms with Crippen LogP contribution in [-0.4, -0.2) is 19.0 Å². The summed E-state index contributed by atoms with van der Waals surface area (Å²) in [5, 5.41) is 0. The van der Waals surface area contributed by atoms with Crippen LogP contribution < -0.4 is 16.0 Å². The average Bonchev–Trinajstić information content (AvgIpc) is 2.35. The molecular weight excluding hydrogens is 202 g/mol. The molecule has 0 amide bonds. The van der Waals surface area contributed by atoms with Gasteiger partial charge >= 0.3 is 0 Å². The molecule has 1 aromatic carbocycles. The molecule has 4 nitrogen and oxygen atoms in total. The fourth-order valence-corrected chi connectivity index (χ4v) is 1.97. The Morgan fingerprint density at radius 3 is 3.12 bits per heavy atom. The lowest BCUT2D eigenvalue weighted by Crippen LogP contribution is -2.41. The second-order valence-corrected chi connectivity index (χ2v) is 3.82. The largest absolute Gasteiger partial charge is 0.493 e. The molecule has 1 heterocycles. The molecule has 16 heavy (non-hydrogen) atoms. The first-order valence-corrected chi connectivity index (χ1v) is 5.56. The number of nitrogens with two attached hydrogens (primary N) is 1. The lowest BCUT2D eigenvalue weighted by atomic mass is 9.96. The zero-order valence-electron chi connectivity index (χ0n) is 9.44. The van der Waals surface area contributed by atoms with E-state index in [0.717, 1.165) is 24.6 Å². The van der Waals surface area contributed by atoms with E-state index in [2.05, 4.69) is 16.5 Å². The maximum absolute atomic E-state index is 5.69. The second-order valence-electron chi connectivity index (χ2n) is 3.82. The first-order valence-electron chi connectivity index (χ1n) is 5.56. The number of nitrogens with zero attached hydrogens (tertiary/aromatic N) is 1. The molecule has 1 aliphatic heterocycles. The first kappa shape index (κ1) is 11.0. The summed E-state index contributed by atoms with van der Waals surface area (Å²) in [7, 11) is 0. The lowest BCUT2D eigenvalue weighted by Gasteiger charge is -2.26. The number of hydrogen-bond donors (Lipinski definition) is 2. The van der Waals surface area contributed by atoms with Gasteiger partial charge in [0.1, 0.15) is 11.6 Å². The number of ether oxygens (including phenoxy) is 1. The Labute approximate surface area is 95.5 Å². The average molecular weight is 219 g/mol. The van der Waals surface area contributed by atoms with Crippen LogP contribution in [0, 0.1) is 5.92 Å². The highest BCUT2D eigenvalue weighted by Crippen LogP contribution is 2.26. The van der Waals surface area contributed by atoms with E-state index in [-0.39, 0.29) is 5.92 Å². The van der Waals surface area contributed by atoms with Gasteiger partial charge in [-0.1, -0.05) is 18.2 Å². The van der Waals surface area contributed by atoms with E-state index in [0.29, 0.717) is 6.61 Å². The van der Waals surface area contributed by atoms with Crippen LogP contribution >= 0.6 is 0 Å². The molecule has 3 N–H and O–H groups in total. The number of rotatable bonds is 2. The predicted molar refractivity (Wildman–Crippen MR) is 64.4 cm³/mol. The van der Waals surface area contributed by atoms with Gasteiger partial charge in [0, 0.05) is 6.54 Å². The monoisotopic (exact) mass is 219 g/mol. The van der Waals surface area contributed by atoms with E-state index in [1.807, 2.05) is 25.1 Å². The van der Waals surface area contributed by atoms with Gasteiger partial charge in [0.15, 0.2) is 0 Å². The van der Waals surface area contributed by atoms with E-state index < -0.39 is 0 Å². The normalized spacial score (nSPS) is 19.9. The van der Waals surface area contributed by atoms with Crippen LogP contribution in [0.15, 0.2) is 29.3 Å². The Morgan fingerprint density at radius 1 is 1.56 bits per heavy atom. The Kier molecular flexibility index (Phi) is 3.41. The van der Waals surface area contributed by atoms with Crippen LogP contribution in [0.3, 0.4) is 0 Å². The number of hydrogen-bond acceptors (Lipinski definition) is 3. The van der Waals surface area contributed by atoms with Crippen molar-refractivity contribution in [2.24, 2.45) is 16.8 Å². The Bertz CT molecular complexity index is 390. The number of nitrogens with one attached hydrogen (secondary N) is 1. The van der Waals surface area contributed by atoms with Crippen molar-refractivity contribution in [3.63, 3.8) is 0 Å². The van der Waals surface area contributed by atoms with Crippen molar-refractivity contribution < 1.29 is 4.74 Å². The van der Waals surface area contributed by atoms with Crippen molar-refractivity contribution in [2.75, 3.05) is 13.2 Å². The molecule has 4 heteroatoms. The van der Waals surface area contributed by atoms with E-state index in [1.54, 1.807) is 0 Å². The van der Waals surface area contributed by atoms with Crippen molar-refractivity contribution in [1.29, 1.82) is 0 Å². The van der Waals surface area contributed by atoms with Crippen molar-refractivity contribution in [3.05, 3.63) is 29.8 Å². The third-order valence-electron chi connectivity index (χ3n) is 2.74. The predicted octanol–water partition coefficient (Wildman–Crippen LogP) is 1.12. The molecule has 0 saturated heterocycles. The molecule has 1 aliphatic rings. The van der Waals surface area contributed by atoms with Gasteiger partial charge in [-0.15, -0.1) is 0 Å². The van der Waals surface area contributed by atoms with Crippen LogP contribution in [0.5, 0.6) is 5.75 Å². The Balaban J connectivity index is 2.16. The summed E-state index contributed by atoms with van der Waals surface area (Å²) in [6.45, 7) is 3.37. The lowest BCUT2D eigenvalue weighted by molar-refractivity contribution is 0.256. The SMILES string of the molecule is CCN=C(NN)C1COc2ccccc2C1. The first-order chi connectivity index (χ1) is 7.85. The molecule has 1 unspecified atom stereocenters. The number of aliphatic imine (C=N–C) groups is 1. The van der Waals surface area contributed by atoms with E-state index >= 15 is 0 Å². The summed E-state index contributed by atoms with van der Waals surface area (Å²) in [4.78, 5) is 4.34. The minimum absolute atomic E-state index is 0.236. The number of para-hydroxylation sites is 1. The van der Waals surface area contributed by atoms with Crippen molar-refractivity contribution in [2.45, 2.75) is 13.3 Å². The third kappa shape index (κ3) is 2.17. The number of fused-ring (bicyclic) bond motifs is 1. The van der Waals surface area contributed by atoms with Gasteiger partial charge in [-0.05, 0) is 25.0 Å². The van der Waals surface area contributed by atoms with Gasteiger partial charge in [-0.2, -0.15) is 0 Å². The Hall–Kier alpha value is -1.55. The summed E-state index contributed by atoms with van der Waals surface area (Å²) < 4.78 is 5.69. The molecule has 0 aliphatic carbocycles. The molecule has 0 fully saturated rings. The van der Waals surface area contributed by atoms with E-state index in [1.165, 1.54) is 5.56 Å². The zero-order chi connectivity index (χ0) is 11.4. The summed E-state index contributed by atoms with van der Waals surface area (Å²) in [6, 6.07) is 8.10. The molecule has 1 atom stereocenters. The van der Waals surface area contributed by atoms with Gasteiger partial charge in [0.05, 0.1) is 12.5 Å². The minimum atomic E-state index is 0.236. The van der Waals surface area contributed by atoms with Crippen molar-refractivity contribution in [1.82, 2.24) is 5.43 Å². The van der Waals surface area contributed by atoms with Gasteiger partial charge < -0.3 is 10.2 Å². The summed E-state index contributed by atoms with van der Waals surface area (Å²) in [5.41, 5.74) is 3.89. The van der Waals surface area contributed by atoms with Crippen LogP contribution in [0.1, 0.15) is 12.5 Å². The highest BCUT2D eigenvalue weighted by molar-refractivity contribution is 5.84. The van der Waals surface area contributed by atoms with Crippen molar-refractivity contribution in [3.8, 4) is 5.75 Å². The number of amidine groups is 1. The van der Waals surface area contributed by atoms with Crippen LogP contribution in [0.2, 0.25) is 0 Å². The molecule has 2 rings (SSSR count). The van der Waals surface area contributed by atoms with Crippen LogP contribution in [0.25, 0.3) is 0 Å². The highest BCUT2D eigenvalue weighted by Gasteiger charge is 2.23. The van der Waals surface area contributed by atoms with Crippen LogP contribution in [0.4, 0.5) is 0 Å². The van der Waals surface area contributed by atoms with Gasteiger partial charge in [-0.25, -0.2) is 5.84 Å². The van der Waals surface area contributed by atoms with Crippen LogP contribution in [-0.2, 0) is 6.42 Å². The summed E-state index contributed by atoms with van der Waals surface area (Å²) in [5.74, 6) is 7.52. The van der Waals surface area contributed by atoms with E-state index in [4.69, 9.17) is 10.6 Å².